The predicted octanol–water partition coefficient (Wildman–Crippen LogP) is 6.09. The molecule has 1 aliphatic rings. The standard InChI is InChI=1S/C27H25N3O3S2/c1-33-20-11-8-18(9-12-20)17-34-27-29-23-13-10-19(16-24(23)35-27)28-25(31)21-6-2-3-7-22(21)26(32)30-14-4-5-15-30/h2-3,6-13,16H,4-5,14-15,17H2,1H3,(H,28,31). The molecule has 2 heterocycles. The number of ether oxygens (including phenoxy) is 1. The number of hydrogen-bond donors (Lipinski definition) is 1. The van der Waals surface area contributed by atoms with Crippen molar-refractivity contribution in [2.45, 2.75) is 22.9 Å². The molecule has 1 fully saturated rings. The number of hydrogen-bond acceptors (Lipinski definition) is 6. The first-order valence-electron chi connectivity index (χ1n) is 11.5. The summed E-state index contributed by atoms with van der Waals surface area (Å²) >= 11 is 3.28. The molecule has 0 aliphatic carbocycles. The van der Waals surface area contributed by atoms with Crippen molar-refractivity contribution in [3.05, 3.63) is 83.4 Å². The van der Waals surface area contributed by atoms with Crippen molar-refractivity contribution >= 4 is 50.8 Å². The zero-order valence-electron chi connectivity index (χ0n) is 19.3. The Morgan fingerprint density at radius 3 is 2.51 bits per heavy atom. The minimum Gasteiger partial charge on any atom is -0.497 e. The second-order valence-electron chi connectivity index (χ2n) is 8.30. The number of benzene rings is 3. The number of rotatable bonds is 7. The first-order valence-corrected chi connectivity index (χ1v) is 13.3. The van der Waals surface area contributed by atoms with Gasteiger partial charge in [-0.3, -0.25) is 9.59 Å². The van der Waals surface area contributed by atoms with Gasteiger partial charge < -0.3 is 15.0 Å². The second-order valence-corrected chi connectivity index (χ2v) is 10.6. The third-order valence-corrected chi connectivity index (χ3v) is 8.18. The molecule has 8 heteroatoms. The van der Waals surface area contributed by atoms with E-state index in [1.54, 1.807) is 54.5 Å². The van der Waals surface area contributed by atoms with Crippen LogP contribution in [0.1, 0.15) is 39.1 Å². The van der Waals surface area contributed by atoms with Gasteiger partial charge in [-0.05, 0) is 60.9 Å². The van der Waals surface area contributed by atoms with Gasteiger partial charge in [0.15, 0.2) is 4.34 Å². The van der Waals surface area contributed by atoms with E-state index in [1.165, 1.54) is 5.56 Å². The number of anilines is 1. The molecule has 0 saturated carbocycles. The van der Waals surface area contributed by atoms with Crippen LogP contribution in [-0.2, 0) is 5.75 Å². The number of carbonyl (C=O) groups excluding carboxylic acids is 2. The number of carbonyl (C=O) groups is 2. The maximum atomic E-state index is 13.1. The average Bonchev–Trinajstić information content (AvgIpc) is 3.57. The molecule has 2 amide bonds. The van der Waals surface area contributed by atoms with Crippen LogP contribution in [0.25, 0.3) is 10.2 Å². The van der Waals surface area contributed by atoms with E-state index < -0.39 is 0 Å². The molecule has 0 spiro atoms. The summed E-state index contributed by atoms with van der Waals surface area (Å²) in [4.78, 5) is 32.6. The predicted molar refractivity (Wildman–Crippen MR) is 142 cm³/mol. The third kappa shape index (κ3) is 5.33. The Balaban J connectivity index is 1.28. The van der Waals surface area contributed by atoms with Crippen molar-refractivity contribution in [1.82, 2.24) is 9.88 Å². The molecule has 3 aromatic carbocycles. The SMILES string of the molecule is COc1ccc(CSc2nc3ccc(NC(=O)c4ccccc4C(=O)N4CCCC4)cc3s2)cc1. The number of thioether (sulfide) groups is 1. The lowest BCUT2D eigenvalue weighted by molar-refractivity contribution is 0.0787. The zero-order valence-corrected chi connectivity index (χ0v) is 21.0. The van der Waals surface area contributed by atoms with E-state index in [9.17, 15) is 9.59 Å². The molecule has 0 atom stereocenters. The molecule has 0 unspecified atom stereocenters. The number of amides is 2. The normalized spacial score (nSPS) is 13.2. The molecule has 1 N–H and O–H groups in total. The minimum absolute atomic E-state index is 0.0790. The second kappa shape index (κ2) is 10.5. The topological polar surface area (TPSA) is 71.5 Å². The molecule has 1 saturated heterocycles. The van der Waals surface area contributed by atoms with Gasteiger partial charge in [0.05, 0.1) is 28.5 Å². The molecule has 4 aromatic rings. The summed E-state index contributed by atoms with van der Waals surface area (Å²) in [6, 6.07) is 20.8. The summed E-state index contributed by atoms with van der Waals surface area (Å²) in [6.45, 7) is 1.49. The fourth-order valence-corrected chi connectivity index (χ4v) is 6.13. The van der Waals surface area contributed by atoms with Crippen molar-refractivity contribution in [2.75, 3.05) is 25.5 Å². The van der Waals surface area contributed by atoms with E-state index >= 15 is 0 Å². The zero-order chi connectivity index (χ0) is 24.2. The average molecular weight is 504 g/mol. The monoisotopic (exact) mass is 503 g/mol. The van der Waals surface area contributed by atoms with Gasteiger partial charge >= 0.3 is 0 Å². The van der Waals surface area contributed by atoms with Crippen LogP contribution in [0, 0.1) is 0 Å². The van der Waals surface area contributed by atoms with Crippen LogP contribution in [0.3, 0.4) is 0 Å². The molecule has 6 nitrogen and oxygen atoms in total. The van der Waals surface area contributed by atoms with Gasteiger partial charge in [0.2, 0.25) is 0 Å². The van der Waals surface area contributed by atoms with Crippen LogP contribution in [-0.4, -0.2) is 41.9 Å². The quantitative estimate of drug-likeness (QED) is 0.309. The van der Waals surface area contributed by atoms with Crippen molar-refractivity contribution in [3.8, 4) is 5.75 Å². The smallest absolute Gasteiger partial charge is 0.256 e. The van der Waals surface area contributed by atoms with E-state index in [0.29, 0.717) is 16.8 Å². The highest BCUT2D eigenvalue weighted by molar-refractivity contribution is 8.00. The Labute approximate surface area is 212 Å². The van der Waals surface area contributed by atoms with Crippen LogP contribution >= 0.6 is 23.1 Å². The summed E-state index contributed by atoms with van der Waals surface area (Å²) in [6.07, 6.45) is 2.02. The summed E-state index contributed by atoms with van der Waals surface area (Å²) < 4.78 is 7.19. The number of nitrogens with zero attached hydrogens (tertiary/aromatic N) is 2. The van der Waals surface area contributed by atoms with E-state index in [2.05, 4.69) is 17.4 Å². The lowest BCUT2D eigenvalue weighted by Gasteiger charge is -2.17. The van der Waals surface area contributed by atoms with Crippen molar-refractivity contribution in [3.63, 3.8) is 0 Å². The molecule has 0 bridgehead atoms. The fraction of sp³-hybridized carbons (Fsp3) is 0.222. The summed E-state index contributed by atoms with van der Waals surface area (Å²) in [7, 11) is 1.66. The fourth-order valence-electron chi connectivity index (χ4n) is 4.07. The highest BCUT2D eigenvalue weighted by Gasteiger charge is 2.24. The third-order valence-electron chi connectivity index (χ3n) is 5.94. The highest BCUT2D eigenvalue weighted by atomic mass is 32.2. The van der Waals surface area contributed by atoms with Crippen LogP contribution in [0.15, 0.2) is 71.1 Å². The largest absolute Gasteiger partial charge is 0.497 e. The van der Waals surface area contributed by atoms with Gasteiger partial charge in [-0.2, -0.15) is 0 Å². The Hall–Kier alpha value is -3.36. The van der Waals surface area contributed by atoms with Crippen LogP contribution in [0.2, 0.25) is 0 Å². The molecule has 0 radical (unpaired) electrons. The highest BCUT2D eigenvalue weighted by Crippen LogP contribution is 2.33. The van der Waals surface area contributed by atoms with Crippen LogP contribution in [0.5, 0.6) is 5.75 Å². The Bertz CT molecular complexity index is 1360. The lowest BCUT2D eigenvalue weighted by atomic mass is 10.1. The molecular weight excluding hydrogens is 478 g/mol. The lowest BCUT2D eigenvalue weighted by Crippen LogP contribution is -2.29. The van der Waals surface area contributed by atoms with Gasteiger partial charge in [0.1, 0.15) is 5.75 Å². The van der Waals surface area contributed by atoms with Gasteiger partial charge in [0.25, 0.3) is 11.8 Å². The van der Waals surface area contributed by atoms with E-state index in [-0.39, 0.29) is 11.8 Å². The Morgan fingerprint density at radius 2 is 1.77 bits per heavy atom. The summed E-state index contributed by atoms with van der Waals surface area (Å²) in [5.41, 5.74) is 3.62. The molecule has 1 aliphatic heterocycles. The van der Waals surface area contributed by atoms with E-state index in [4.69, 9.17) is 9.72 Å². The van der Waals surface area contributed by atoms with E-state index in [0.717, 1.165) is 52.0 Å². The van der Waals surface area contributed by atoms with Crippen LogP contribution in [0.4, 0.5) is 5.69 Å². The molecule has 5 rings (SSSR count). The van der Waals surface area contributed by atoms with Crippen molar-refractivity contribution in [1.29, 1.82) is 0 Å². The first-order chi connectivity index (χ1) is 17.1. The minimum atomic E-state index is -0.286. The molecule has 35 heavy (non-hydrogen) atoms. The first kappa shape index (κ1) is 23.4. The van der Waals surface area contributed by atoms with Gasteiger partial charge in [-0.25, -0.2) is 4.98 Å². The summed E-state index contributed by atoms with van der Waals surface area (Å²) in [5.74, 6) is 1.29. The number of likely N-dealkylation sites (tertiary alicyclic amines) is 1. The number of fused-ring (bicyclic) bond motifs is 1. The van der Waals surface area contributed by atoms with Gasteiger partial charge in [0, 0.05) is 24.5 Å². The maximum Gasteiger partial charge on any atom is 0.256 e. The van der Waals surface area contributed by atoms with Crippen molar-refractivity contribution in [2.24, 2.45) is 0 Å². The maximum absolute atomic E-state index is 13.1. The Kier molecular flexibility index (Phi) is 7.01. The number of aromatic nitrogens is 1. The summed E-state index contributed by atoms with van der Waals surface area (Å²) in [5, 5.41) is 2.96. The number of thiazole rings is 1. The van der Waals surface area contributed by atoms with Crippen LogP contribution < -0.4 is 10.1 Å². The molecule has 1 aromatic heterocycles. The molecular formula is C27H25N3O3S2. The molecule has 178 valence electrons. The van der Waals surface area contributed by atoms with E-state index in [1.807, 2.05) is 35.2 Å². The number of nitrogens with one attached hydrogen (secondary N) is 1. The number of methoxy groups -OCH3 is 1. The Morgan fingerprint density at radius 1 is 1.03 bits per heavy atom. The van der Waals surface area contributed by atoms with Gasteiger partial charge in [-0.15, -0.1) is 11.3 Å². The van der Waals surface area contributed by atoms with Crippen molar-refractivity contribution < 1.29 is 14.3 Å². The van der Waals surface area contributed by atoms with Gasteiger partial charge in [-0.1, -0.05) is 36.0 Å².